The average molecular weight is 363 g/mol. The van der Waals surface area contributed by atoms with Crippen molar-refractivity contribution in [3.05, 3.63) is 12.2 Å². The molecule has 0 aromatic heterocycles. The number of aliphatic hydroxyl groups is 2. The van der Waals surface area contributed by atoms with Gasteiger partial charge >= 0.3 is 5.97 Å². The zero-order valence-electron chi connectivity index (χ0n) is 16.6. The molecule has 2 N–H and O–H groups in total. The van der Waals surface area contributed by atoms with E-state index in [0.29, 0.717) is 12.3 Å². The van der Waals surface area contributed by atoms with Gasteiger partial charge in [-0.3, -0.25) is 4.79 Å². The summed E-state index contributed by atoms with van der Waals surface area (Å²) in [6.07, 6.45) is 4.22. The predicted octanol–water partition coefficient (Wildman–Crippen LogP) is 3.46. The summed E-state index contributed by atoms with van der Waals surface area (Å²) >= 11 is 0. The van der Waals surface area contributed by atoms with E-state index in [1.165, 1.54) is 6.92 Å². The highest BCUT2D eigenvalue weighted by molar-refractivity contribution is 5.66. The van der Waals surface area contributed by atoms with Gasteiger partial charge in [0.2, 0.25) is 0 Å². The second-order valence-corrected chi connectivity index (χ2v) is 10.5. The molecule has 4 heteroatoms. The summed E-state index contributed by atoms with van der Waals surface area (Å²) < 4.78 is 5.88. The van der Waals surface area contributed by atoms with Crippen LogP contribution in [0.1, 0.15) is 66.2 Å². The fourth-order valence-corrected chi connectivity index (χ4v) is 7.97. The Labute approximate surface area is 157 Å². The Bertz CT molecular complexity index is 640. The second-order valence-electron chi connectivity index (χ2n) is 10.5. The van der Waals surface area contributed by atoms with Crippen molar-refractivity contribution in [2.75, 3.05) is 0 Å². The number of esters is 1. The van der Waals surface area contributed by atoms with Crippen LogP contribution in [0.5, 0.6) is 0 Å². The zero-order valence-corrected chi connectivity index (χ0v) is 16.6. The first-order chi connectivity index (χ1) is 12.0. The number of aliphatic hydroxyl groups excluding tert-OH is 2. The van der Waals surface area contributed by atoms with Crippen LogP contribution in [0.3, 0.4) is 0 Å². The van der Waals surface area contributed by atoms with Crippen LogP contribution in [0.15, 0.2) is 12.2 Å². The minimum Gasteiger partial charge on any atom is -0.462 e. The maximum atomic E-state index is 11.9. The highest BCUT2D eigenvalue weighted by atomic mass is 16.5. The molecule has 0 aromatic carbocycles. The van der Waals surface area contributed by atoms with Crippen LogP contribution in [-0.2, 0) is 9.53 Å². The number of fused-ring (bicyclic) bond motifs is 3. The van der Waals surface area contributed by atoms with E-state index in [4.69, 9.17) is 4.74 Å². The molecule has 1 spiro atoms. The van der Waals surface area contributed by atoms with E-state index in [9.17, 15) is 15.0 Å². The molecule has 4 aliphatic carbocycles. The van der Waals surface area contributed by atoms with Gasteiger partial charge in [0.05, 0.1) is 12.2 Å². The minimum absolute atomic E-state index is 0.134. The molecule has 2 bridgehead atoms. The van der Waals surface area contributed by atoms with E-state index < -0.39 is 12.2 Å². The van der Waals surface area contributed by atoms with Crippen LogP contribution >= 0.6 is 0 Å². The van der Waals surface area contributed by atoms with Crippen molar-refractivity contribution in [3.8, 4) is 0 Å². The number of ether oxygens (including phenoxy) is 1. The molecule has 146 valence electrons. The first kappa shape index (κ1) is 18.5. The van der Waals surface area contributed by atoms with Crippen molar-refractivity contribution in [1.29, 1.82) is 0 Å². The molecule has 0 saturated heterocycles. The van der Waals surface area contributed by atoms with Gasteiger partial charge in [-0.1, -0.05) is 32.9 Å². The lowest BCUT2D eigenvalue weighted by atomic mass is 9.40. The normalized spacial score (nSPS) is 52.2. The molecule has 4 aliphatic rings. The second kappa shape index (κ2) is 5.57. The Kier molecular flexibility index (Phi) is 3.96. The Morgan fingerprint density at radius 2 is 1.85 bits per heavy atom. The van der Waals surface area contributed by atoms with Crippen LogP contribution in [-0.4, -0.2) is 34.5 Å². The van der Waals surface area contributed by atoms with Crippen LogP contribution in [0.25, 0.3) is 0 Å². The molecule has 0 aromatic rings. The van der Waals surface area contributed by atoms with E-state index in [1.807, 2.05) is 0 Å². The molecule has 1 unspecified atom stereocenters. The van der Waals surface area contributed by atoms with Crippen LogP contribution < -0.4 is 0 Å². The molecule has 0 heterocycles. The van der Waals surface area contributed by atoms with Crippen LogP contribution in [0.2, 0.25) is 0 Å². The smallest absolute Gasteiger partial charge is 0.302 e. The Balaban J connectivity index is 1.83. The van der Waals surface area contributed by atoms with Crippen LogP contribution in [0.4, 0.5) is 0 Å². The Morgan fingerprint density at radius 1 is 1.15 bits per heavy atom. The zero-order chi connectivity index (χ0) is 19.1. The number of carbonyl (C=O) groups excluding carboxylic acids is 1. The molecule has 26 heavy (non-hydrogen) atoms. The highest BCUT2D eigenvalue weighted by Gasteiger charge is 2.70. The lowest BCUT2D eigenvalue weighted by Gasteiger charge is -2.66. The number of hydrogen-bond donors (Lipinski definition) is 2. The third kappa shape index (κ3) is 2.18. The van der Waals surface area contributed by atoms with Crippen molar-refractivity contribution in [1.82, 2.24) is 0 Å². The van der Waals surface area contributed by atoms with Crippen molar-refractivity contribution in [2.45, 2.75) is 84.5 Å². The molecule has 4 fully saturated rings. The first-order valence-electron chi connectivity index (χ1n) is 10.2. The SMILES string of the molecule is C=C1C[C@@]23CCC4C(C)(C)CC[C@H](OC(C)=O)[C@@]4(C)[C@@H]2C[C@@H](O)[C@@H]1[C@H]3O. The summed E-state index contributed by atoms with van der Waals surface area (Å²) in [4.78, 5) is 11.9. The summed E-state index contributed by atoms with van der Waals surface area (Å²) in [7, 11) is 0. The molecule has 4 rings (SSSR count). The molecular weight excluding hydrogens is 328 g/mol. The van der Waals surface area contributed by atoms with E-state index >= 15 is 0 Å². The number of carbonyl (C=O) groups is 1. The van der Waals surface area contributed by atoms with Crippen molar-refractivity contribution >= 4 is 5.97 Å². The monoisotopic (exact) mass is 362 g/mol. The molecule has 0 aliphatic heterocycles. The third-order valence-corrected chi connectivity index (χ3v) is 8.94. The molecule has 0 amide bonds. The van der Waals surface area contributed by atoms with Crippen molar-refractivity contribution < 1.29 is 19.7 Å². The fourth-order valence-electron chi connectivity index (χ4n) is 7.97. The summed E-state index contributed by atoms with van der Waals surface area (Å²) in [6, 6.07) is 0. The van der Waals surface area contributed by atoms with Gasteiger partial charge in [0.25, 0.3) is 0 Å². The topological polar surface area (TPSA) is 66.8 Å². The summed E-state index contributed by atoms with van der Waals surface area (Å²) in [5.74, 6) is 0.168. The highest BCUT2D eigenvalue weighted by Crippen LogP contribution is 2.72. The lowest BCUT2D eigenvalue weighted by Crippen LogP contribution is -2.66. The van der Waals surface area contributed by atoms with Crippen molar-refractivity contribution in [3.63, 3.8) is 0 Å². The summed E-state index contributed by atoms with van der Waals surface area (Å²) in [6.45, 7) is 12.6. The van der Waals surface area contributed by atoms with E-state index in [2.05, 4.69) is 27.4 Å². The first-order valence-corrected chi connectivity index (χ1v) is 10.2. The van der Waals surface area contributed by atoms with E-state index in [0.717, 1.165) is 37.7 Å². The average Bonchev–Trinajstić information content (AvgIpc) is 2.68. The Morgan fingerprint density at radius 3 is 2.50 bits per heavy atom. The summed E-state index contributed by atoms with van der Waals surface area (Å²) in [5.41, 5.74) is 0.755. The largest absolute Gasteiger partial charge is 0.462 e. The maximum Gasteiger partial charge on any atom is 0.302 e. The quantitative estimate of drug-likeness (QED) is 0.554. The summed E-state index contributed by atoms with van der Waals surface area (Å²) in [5, 5.41) is 22.1. The van der Waals surface area contributed by atoms with Gasteiger partial charge in [0.15, 0.2) is 0 Å². The molecule has 4 nitrogen and oxygen atoms in total. The van der Waals surface area contributed by atoms with Gasteiger partial charge in [0, 0.05) is 23.7 Å². The van der Waals surface area contributed by atoms with Gasteiger partial charge in [-0.25, -0.2) is 0 Å². The molecule has 0 radical (unpaired) electrons. The standard InChI is InChI=1S/C22H34O4/c1-12-11-22-9-6-15-20(3,4)8-7-17(26-13(2)23)21(15,5)16(22)10-14(24)18(12)19(22)25/h14-19,24-25H,1,6-11H2,2-5H3/t14-,15?,16+,17+,18-,19-,21-,22+/m1/s1. The van der Waals surface area contributed by atoms with Gasteiger partial charge in [-0.05, 0) is 55.8 Å². The fraction of sp³-hybridized carbons (Fsp3) is 0.864. The maximum absolute atomic E-state index is 11.9. The lowest BCUT2D eigenvalue weighted by molar-refractivity contribution is -0.241. The third-order valence-electron chi connectivity index (χ3n) is 8.94. The van der Waals surface area contributed by atoms with E-state index in [-0.39, 0.29) is 40.2 Å². The number of hydrogen-bond acceptors (Lipinski definition) is 4. The van der Waals surface area contributed by atoms with Gasteiger partial charge in [-0.2, -0.15) is 0 Å². The van der Waals surface area contributed by atoms with Gasteiger partial charge in [0.1, 0.15) is 6.10 Å². The molecule has 8 atom stereocenters. The predicted molar refractivity (Wildman–Crippen MR) is 99.2 cm³/mol. The molecule has 4 saturated carbocycles. The van der Waals surface area contributed by atoms with Gasteiger partial charge in [-0.15, -0.1) is 0 Å². The Hall–Kier alpha value is -0.870. The van der Waals surface area contributed by atoms with Crippen molar-refractivity contribution in [2.24, 2.45) is 34.0 Å². The van der Waals surface area contributed by atoms with E-state index in [1.54, 1.807) is 0 Å². The van der Waals surface area contributed by atoms with Crippen LogP contribution in [0, 0.1) is 34.0 Å². The minimum atomic E-state index is -0.545. The number of rotatable bonds is 1. The van der Waals surface area contributed by atoms with Gasteiger partial charge < -0.3 is 14.9 Å². The molecular formula is C22H34O4.